The number of aryl methyl sites for hydroxylation is 1. The number of pyridine rings is 5. The number of carbonyl (C=O) groups is 5. The Morgan fingerprint density at radius 3 is 1.55 bits per heavy atom. The second-order valence-corrected chi connectivity index (χ2v) is 20.3. The second kappa shape index (κ2) is 37.8. The van der Waals surface area contributed by atoms with E-state index in [1.807, 2.05) is 171 Å². The average Bonchev–Trinajstić information content (AvgIpc) is 0.977. The molecular weight excluding hydrogens is 1170 g/mol. The number of aromatic nitrogens is 7. The fourth-order valence-corrected chi connectivity index (χ4v) is 9.08. The van der Waals surface area contributed by atoms with Crippen molar-refractivity contribution in [2.75, 3.05) is 20.8 Å². The summed E-state index contributed by atoms with van der Waals surface area (Å²) >= 11 is 0. The summed E-state index contributed by atoms with van der Waals surface area (Å²) in [6.45, 7) is 4.10. The van der Waals surface area contributed by atoms with Crippen LogP contribution in [-0.2, 0) is 25.6 Å². The van der Waals surface area contributed by atoms with Crippen molar-refractivity contribution in [2.24, 2.45) is 5.10 Å². The number of hydrogen-bond acceptors (Lipinski definition) is 15. The molecule has 93 heavy (non-hydrogen) atoms. The lowest BCUT2D eigenvalue weighted by atomic mass is 9.87. The molecule has 0 radical (unpaired) electrons. The number of benzene rings is 5. The summed E-state index contributed by atoms with van der Waals surface area (Å²) in [5.74, 6) is -1.08. The molecule has 7 heterocycles. The summed E-state index contributed by atoms with van der Waals surface area (Å²) in [6, 6.07) is 67.3. The molecule has 1 aliphatic rings. The fourth-order valence-electron chi connectivity index (χ4n) is 9.08. The van der Waals surface area contributed by atoms with E-state index in [1.165, 1.54) is 17.7 Å². The van der Waals surface area contributed by atoms with E-state index in [4.69, 9.17) is 9.57 Å². The number of Topliss-reactive ketones (excluding diaryl/α,β-unsaturated/α-hetero) is 2. The minimum atomic E-state index is -0.547. The van der Waals surface area contributed by atoms with Crippen LogP contribution in [0, 0.1) is 6.92 Å². The molecule has 6 aromatic heterocycles. The molecule has 2 N–H and O–H groups in total. The summed E-state index contributed by atoms with van der Waals surface area (Å²) in [7, 11) is 3.04. The third-order valence-electron chi connectivity index (χ3n) is 13.8. The zero-order valence-corrected chi connectivity index (χ0v) is 51.9. The first-order valence-electron chi connectivity index (χ1n) is 29.6. The van der Waals surface area contributed by atoms with Gasteiger partial charge in [0, 0.05) is 122 Å². The molecule has 1 aliphatic heterocycles. The van der Waals surface area contributed by atoms with Crippen LogP contribution in [0.15, 0.2) is 290 Å². The normalized spacial score (nSPS) is 12.0. The molecular formula is C75H70N10O8. The summed E-state index contributed by atoms with van der Waals surface area (Å²) in [5, 5.41) is 12.1. The Morgan fingerprint density at radius 2 is 1.03 bits per heavy atom. The standard InChI is InChI=1S/C17H17NO3.C15H13N3O.C15H11N3O.C13H11NO.C9H11NO2.C6H7N/c1-2-21-16(19)12-15(13-8-10-18-11-9-13)17(20)14-6-4-3-5-7-14;2*19-14-10-13(11-6-8-16-9-7-11)15(18-17-14)12-4-2-1-3-5-12;15-13(12-4-2-1-3-5-12)10-11-6-8-14-9-7-11;1-10(12-2)9(11)8-6-4-3-5-7-8;1-6-2-4-7-5-3-6/h3-11,15H,2,12H2,1H3;1-9,13H,10H2,(H,17,19);1-10H,(H,17,19);1-9H,10H2;3-7H,1-2H3;2-5H,1H3. The van der Waals surface area contributed by atoms with Gasteiger partial charge in [0.25, 0.3) is 11.5 Å². The molecule has 5 aromatic carbocycles. The van der Waals surface area contributed by atoms with Crippen LogP contribution in [0.1, 0.15) is 90.5 Å². The van der Waals surface area contributed by atoms with Gasteiger partial charge in [-0.2, -0.15) is 10.2 Å². The molecule has 11 aromatic rings. The van der Waals surface area contributed by atoms with E-state index in [0.717, 1.165) is 55.9 Å². The van der Waals surface area contributed by atoms with E-state index in [-0.39, 0.29) is 47.2 Å². The summed E-state index contributed by atoms with van der Waals surface area (Å²) in [4.78, 5) is 95.2. The van der Waals surface area contributed by atoms with Crippen LogP contribution in [0.4, 0.5) is 0 Å². The van der Waals surface area contributed by atoms with Gasteiger partial charge in [-0.3, -0.25) is 58.5 Å². The Bertz CT molecular complexity index is 4110. The van der Waals surface area contributed by atoms with Crippen molar-refractivity contribution >= 4 is 35.1 Å². The van der Waals surface area contributed by atoms with Gasteiger partial charge in [0.1, 0.15) is 0 Å². The van der Waals surface area contributed by atoms with Crippen LogP contribution in [0.25, 0.3) is 22.4 Å². The van der Waals surface area contributed by atoms with E-state index >= 15 is 0 Å². The van der Waals surface area contributed by atoms with Crippen LogP contribution < -0.4 is 11.0 Å². The third kappa shape index (κ3) is 22.6. The van der Waals surface area contributed by atoms with Crippen molar-refractivity contribution in [1.29, 1.82) is 0 Å². The molecule has 18 nitrogen and oxygen atoms in total. The van der Waals surface area contributed by atoms with Crippen molar-refractivity contribution in [1.82, 2.24) is 45.6 Å². The third-order valence-corrected chi connectivity index (χ3v) is 13.8. The van der Waals surface area contributed by atoms with Crippen molar-refractivity contribution in [2.45, 2.75) is 44.9 Å². The first-order valence-corrected chi connectivity index (χ1v) is 29.6. The number of hydrazone groups is 1. The Kier molecular flexibility index (Phi) is 27.9. The van der Waals surface area contributed by atoms with E-state index in [0.29, 0.717) is 30.6 Å². The maximum atomic E-state index is 12.7. The quantitative estimate of drug-likeness (QED) is 0.0551. The number of nitrogens with one attached hydrogen (secondary N) is 2. The molecule has 0 bridgehead atoms. The predicted molar refractivity (Wildman–Crippen MR) is 358 cm³/mol. The number of rotatable bonds is 15. The highest BCUT2D eigenvalue weighted by Crippen LogP contribution is 2.29. The minimum Gasteiger partial charge on any atom is -0.466 e. The zero-order chi connectivity index (χ0) is 65.8. The SMILES string of the molecule is CCOC(=O)CC(C(=O)c1ccccc1)c1ccncc1.CON(C)C(=O)c1ccccc1.Cc1ccncc1.O=C(Cc1ccncc1)c1ccccc1.O=C1CC(c2ccncc2)C(c2ccccc2)=NN1.O=c1cc(-c2ccncc2)c(-c2ccccc2)n[nH]1. The Balaban J connectivity index is 0.000000162. The highest BCUT2D eigenvalue weighted by atomic mass is 16.7. The van der Waals surface area contributed by atoms with Crippen LogP contribution in [0.2, 0.25) is 0 Å². The number of esters is 1. The number of hydrogen-bond donors (Lipinski definition) is 2. The van der Waals surface area contributed by atoms with Crippen molar-refractivity contribution in [3.63, 3.8) is 0 Å². The van der Waals surface area contributed by atoms with Crippen molar-refractivity contribution in [3.8, 4) is 22.4 Å². The molecule has 2 amide bonds. The minimum absolute atomic E-state index is 0.0147. The highest BCUT2D eigenvalue weighted by Gasteiger charge is 2.28. The van der Waals surface area contributed by atoms with Crippen LogP contribution in [0.5, 0.6) is 0 Å². The largest absolute Gasteiger partial charge is 0.466 e. The van der Waals surface area contributed by atoms with E-state index in [9.17, 15) is 28.8 Å². The Labute approximate surface area is 540 Å². The summed E-state index contributed by atoms with van der Waals surface area (Å²) < 4.78 is 4.97. The highest BCUT2D eigenvalue weighted by molar-refractivity contribution is 6.09. The van der Waals surface area contributed by atoms with E-state index < -0.39 is 5.92 Å². The first kappa shape index (κ1) is 68.6. The van der Waals surface area contributed by atoms with Gasteiger partial charge in [0.05, 0.1) is 37.5 Å². The molecule has 0 saturated carbocycles. The molecule has 0 aliphatic carbocycles. The number of nitrogens with zero attached hydrogens (tertiary/aromatic N) is 8. The number of amides is 2. The Morgan fingerprint density at radius 1 is 0.559 bits per heavy atom. The summed E-state index contributed by atoms with van der Waals surface area (Å²) in [5.41, 5.74) is 13.8. The average molecular weight is 1240 g/mol. The van der Waals surface area contributed by atoms with Gasteiger partial charge < -0.3 is 4.74 Å². The van der Waals surface area contributed by atoms with Crippen molar-refractivity contribution < 1.29 is 33.5 Å². The summed E-state index contributed by atoms with van der Waals surface area (Å²) in [6.07, 6.45) is 18.0. The lowest BCUT2D eigenvalue weighted by Crippen LogP contribution is -2.32. The fraction of sp³-hybridized carbons (Fsp3) is 0.133. The smallest absolute Gasteiger partial charge is 0.306 e. The molecule has 468 valence electrons. The van der Waals surface area contributed by atoms with Crippen LogP contribution in [0.3, 0.4) is 0 Å². The number of ether oxygens (including phenoxy) is 1. The zero-order valence-electron chi connectivity index (χ0n) is 51.9. The topological polar surface area (TPSA) is 242 Å². The molecule has 2 atom stereocenters. The molecule has 0 fully saturated rings. The maximum Gasteiger partial charge on any atom is 0.306 e. The molecule has 12 rings (SSSR count). The number of H-pyrrole nitrogens is 1. The molecule has 18 heteroatoms. The molecule has 0 spiro atoms. The van der Waals surface area contributed by atoms with Gasteiger partial charge in [-0.05, 0) is 120 Å². The van der Waals surface area contributed by atoms with Gasteiger partial charge in [-0.15, -0.1) is 0 Å². The number of hydroxylamine groups is 2. The lowest BCUT2D eigenvalue weighted by molar-refractivity contribution is -0.143. The second-order valence-electron chi connectivity index (χ2n) is 20.3. The van der Waals surface area contributed by atoms with E-state index in [2.05, 4.69) is 45.6 Å². The molecule has 0 saturated heterocycles. The monoisotopic (exact) mass is 1240 g/mol. The Hall–Kier alpha value is -11.9. The maximum absolute atomic E-state index is 12.7. The number of aromatic amines is 1. The van der Waals surface area contributed by atoms with Gasteiger partial charge in [0.2, 0.25) is 5.91 Å². The van der Waals surface area contributed by atoms with Gasteiger partial charge in [-0.1, -0.05) is 140 Å². The van der Waals surface area contributed by atoms with E-state index in [1.54, 1.807) is 131 Å². The van der Waals surface area contributed by atoms with Crippen LogP contribution in [-0.4, -0.2) is 96.0 Å². The van der Waals surface area contributed by atoms with Gasteiger partial charge in [-0.25, -0.2) is 15.6 Å². The number of ketones is 2. The number of carbonyl (C=O) groups excluding carboxylic acids is 5. The van der Waals surface area contributed by atoms with Gasteiger partial charge >= 0.3 is 5.97 Å². The van der Waals surface area contributed by atoms with Gasteiger partial charge in [0.15, 0.2) is 11.6 Å². The van der Waals surface area contributed by atoms with Crippen molar-refractivity contribution in [3.05, 3.63) is 335 Å². The molecule has 2 unspecified atom stereocenters. The van der Waals surface area contributed by atoms with Crippen LogP contribution >= 0.6 is 0 Å². The lowest BCUT2D eigenvalue weighted by Gasteiger charge is -2.23. The predicted octanol–water partition coefficient (Wildman–Crippen LogP) is 12.8. The first-order chi connectivity index (χ1) is 45.4.